The van der Waals surface area contributed by atoms with Crippen molar-refractivity contribution in [1.82, 2.24) is 9.88 Å². The molecule has 2 aromatic rings. The highest BCUT2D eigenvalue weighted by atomic mass is 35.5. The molecular formula is C30H43ClN2O5Si. The summed E-state index contributed by atoms with van der Waals surface area (Å²) >= 11 is 6.28. The van der Waals surface area contributed by atoms with E-state index in [9.17, 15) is 14.7 Å². The average Bonchev–Trinajstić information content (AvgIpc) is 3.21. The van der Waals surface area contributed by atoms with E-state index in [1.165, 1.54) is 0 Å². The fourth-order valence-corrected chi connectivity index (χ4v) is 6.05. The van der Waals surface area contributed by atoms with Crippen LogP contribution in [0.25, 0.3) is 0 Å². The predicted molar refractivity (Wildman–Crippen MR) is 157 cm³/mol. The van der Waals surface area contributed by atoms with Gasteiger partial charge in [0.2, 0.25) is 0 Å². The summed E-state index contributed by atoms with van der Waals surface area (Å²) in [6.45, 7) is 18.5. The van der Waals surface area contributed by atoms with Crippen LogP contribution in [0, 0.1) is 6.92 Å². The van der Waals surface area contributed by atoms with Crippen molar-refractivity contribution >= 4 is 32.0 Å². The molecule has 214 valence electrons. The van der Waals surface area contributed by atoms with Crippen molar-refractivity contribution in [1.29, 1.82) is 0 Å². The van der Waals surface area contributed by atoms with Gasteiger partial charge in [-0.1, -0.05) is 44.5 Å². The van der Waals surface area contributed by atoms with Gasteiger partial charge in [-0.05, 0) is 94.4 Å². The molecule has 0 saturated carbocycles. The summed E-state index contributed by atoms with van der Waals surface area (Å²) in [5, 5.41) is 9.69. The first-order valence-electron chi connectivity index (χ1n) is 13.5. The standard InChI is InChI=1S/C30H43ClN2O5Si/c1-19-16-22(18-32-26(19)31)25(38-39(8,9)30(5,6)7)24-15-14-23(33(24)28(36)37-29(2,3)4)17-20-10-12-21(13-11-20)27(34)35/h10-13,16,18,23-25H,14-15,17H2,1-9H3,(H,34,35)/t23-,24?,25?/m0/s1. The topological polar surface area (TPSA) is 89.0 Å². The van der Waals surface area contributed by atoms with Gasteiger partial charge in [0.25, 0.3) is 0 Å². The monoisotopic (exact) mass is 574 g/mol. The number of benzene rings is 1. The Kier molecular flexibility index (Phi) is 9.25. The number of aryl methyl sites for hydroxylation is 1. The lowest BCUT2D eigenvalue weighted by Gasteiger charge is -2.43. The molecule has 1 N–H and O–H groups in total. The Hall–Kier alpha value is -2.42. The second-order valence-electron chi connectivity index (χ2n) is 13.1. The minimum atomic E-state index is -2.27. The van der Waals surface area contributed by atoms with Gasteiger partial charge >= 0.3 is 12.1 Å². The van der Waals surface area contributed by atoms with Gasteiger partial charge < -0.3 is 14.3 Å². The van der Waals surface area contributed by atoms with Crippen LogP contribution in [0.15, 0.2) is 36.5 Å². The number of aromatic nitrogens is 1. The largest absolute Gasteiger partial charge is 0.478 e. The zero-order valence-electron chi connectivity index (χ0n) is 24.7. The number of hydrogen-bond donors (Lipinski definition) is 1. The average molecular weight is 575 g/mol. The molecule has 0 aliphatic carbocycles. The Morgan fingerprint density at radius 1 is 1.13 bits per heavy atom. The SMILES string of the molecule is Cc1cc(C(O[Si](C)(C)C(C)(C)C)C2CC[C@@H](Cc3ccc(C(=O)O)cc3)N2C(=O)OC(C)(C)C)cnc1Cl. The Bertz CT molecular complexity index is 1190. The predicted octanol–water partition coefficient (Wildman–Crippen LogP) is 7.82. The van der Waals surface area contributed by atoms with Crippen LogP contribution >= 0.6 is 11.6 Å². The molecule has 1 aromatic heterocycles. The number of hydrogen-bond acceptors (Lipinski definition) is 5. The van der Waals surface area contributed by atoms with Crippen molar-refractivity contribution in [3.05, 3.63) is 63.9 Å². The summed E-state index contributed by atoms with van der Waals surface area (Å²) in [7, 11) is -2.27. The molecule has 0 radical (unpaired) electrons. The van der Waals surface area contributed by atoms with Crippen molar-refractivity contribution in [3.63, 3.8) is 0 Å². The normalized spacial score (nSPS) is 19.2. The Morgan fingerprint density at radius 3 is 2.26 bits per heavy atom. The number of halogens is 1. The number of carboxylic acids is 1. The lowest BCUT2D eigenvalue weighted by molar-refractivity contribution is -0.00244. The van der Waals surface area contributed by atoms with Crippen molar-refractivity contribution in [2.75, 3.05) is 0 Å². The zero-order valence-corrected chi connectivity index (χ0v) is 26.4. The summed E-state index contributed by atoms with van der Waals surface area (Å²) in [6.07, 6.45) is 3.07. The van der Waals surface area contributed by atoms with Crippen LogP contribution in [0.5, 0.6) is 0 Å². The lowest BCUT2D eigenvalue weighted by Crippen LogP contribution is -2.50. The van der Waals surface area contributed by atoms with Gasteiger partial charge in [0, 0.05) is 17.8 Å². The number of carbonyl (C=O) groups excluding carboxylic acids is 1. The van der Waals surface area contributed by atoms with E-state index in [0.29, 0.717) is 11.6 Å². The number of carbonyl (C=O) groups is 2. The smallest absolute Gasteiger partial charge is 0.410 e. The number of aromatic carboxylic acids is 1. The highest BCUT2D eigenvalue weighted by molar-refractivity contribution is 6.74. The number of ether oxygens (including phenoxy) is 1. The molecule has 1 aromatic carbocycles. The van der Waals surface area contributed by atoms with Gasteiger partial charge in [0.1, 0.15) is 10.8 Å². The second-order valence-corrected chi connectivity index (χ2v) is 18.2. The van der Waals surface area contributed by atoms with Crippen molar-refractivity contribution in [2.45, 2.75) is 110 Å². The Labute approximate surface area is 239 Å². The quantitative estimate of drug-likeness (QED) is 0.268. The van der Waals surface area contributed by atoms with Gasteiger partial charge in [0.15, 0.2) is 8.32 Å². The van der Waals surface area contributed by atoms with E-state index < -0.39 is 26.0 Å². The maximum atomic E-state index is 13.8. The second kappa shape index (κ2) is 11.6. The maximum absolute atomic E-state index is 13.8. The van der Waals surface area contributed by atoms with Crippen LogP contribution in [-0.4, -0.2) is 53.1 Å². The van der Waals surface area contributed by atoms with E-state index in [0.717, 1.165) is 29.5 Å². The molecular weight excluding hydrogens is 532 g/mol. The van der Waals surface area contributed by atoms with Crippen LogP contribution in [0.4, 0.5) is 4.79 Å². The fourth-order valence-electron chi connectivity index (χ4n) is 4.66. The van der Waals surface area contributed by atoms with Crippen LogP contribution in [-0.2, 0) is 15.6 Å². The first-order valence-corrected chi connectivity index (χ1v) is 16.8. The minimum absolute atomic E-state index is 0.0409. The van der Waals surface area contributed by atoms with Gasteiger partial charge in [-0.25, -0.2) is 14.6 Å². The molecule has 1 aliphatic heterocycles. The van der Waals surface area contributed by atoms with Crippen LogP contribution in [0.3, 0.4) is 0 Å². The molecule has 9 heteroatoms. The van der Waals surface area contributed by atoms with Crippen LogP contribution in [0.1, 0.15) is 87.5 Å². The van der Waals surface area contributed by atoms with Gasteiger partial charge in [-0.2, -0.15) is 0 Å². The summed E-state index contributed by atoms with van der Waals surface area (Å²) in [5.74, 6) is -0.963. The summed E-state index contributed by atoms with van der Waals surface area (Å²) in [6, 6.07) is 8.46. The molecule has 39 heavy (non-hydrogen) atoms. The molecule has 2 unspecified atom stereocenters. The third kappa shape index (κ3) is 7.61. The third-order valence-electron chi connectivity index (χ3n) is 7.76. The van der Waals surface area contributed by atoms with Gasteiger partial charge in [0.05, 0.1) is 17.7 Å². The van der Waals surface area contributed by atoms with E-state index >= 15 is 0 Å². The molecule has 3 rings (SSSR count). The summed E-state index contributed by atoms with van der Waals surface area (Å²) in [4.78, 5) is 31.4. The molecule has 0 bridgehead atoms. The summed E-state index contributed by atoms with van der Waals surface area (Å²) < 4.78 is 13.0. The number of carboxylic acid groups (broad SMARTS) is 1. The minimum Gasteiger partial charge on any atom is -0.478 e. The van der Waals surface area contributed by atoms with E-state index in [4.69, 9.17) is 20.8 Å². The zero-order chi connectivity index (χ0) is 29.3. The maximum Gasteiger partial charge on any atom is 0.410 e. The molecule has 2 heterocycles. The van der Waals surface area contributed by atoms with Crippen LogP contribution in [0.2, 0.25) is 23.3 Å². The molecule has 1 amide bonds. The number of pyridine rings is 1. The Balaban J connectivity index is 2.05. The Morgan fingerprint density at radius 2 is 1.74 bits per heavy atom. The fraction of sp³-hybridized carbons (Fsp3) is 0.567. The number of nitrogens with zero attached hydrogens (tertiary/aromatic N) is 2. The molecule has 3 atom stereocenters. The molecule has 1 fully saturated rings. The highest BCUT2D eigenvalue weighted by Crippen LogP contribution is 2.44. The number of rotatable bonds is 7. The molecule has 0 spiro atoms. The van der Waals surface area contributed by atoms with E-state index in [-0.39, 0.29) is 28.8 Å². The molecule has 1 aliphatic rings. The number of amides is 1. The van der Waals surface area contributed by atoms with E-state index in [1.807, 2.05) is 50.8 Å². The van der Waals surface area contributed by atoms with E-state index in [1.54, 1.807) is 18.3 Å². The summed E-state index contributed by atoms with van der Waals surface area (Å²) in [5.41, 5.74) is 2.29. The number of likely N-dealkylation sites (tertiary alicyclic amines) is 1. The van der Waals surface area contributed by atoms with Gasteiger partial charge in [-0.3, -0.25) is 4.90 Å². The third-order valence-corrected chi connectivity index (χ3v) is 12.6. The van der Waals surface area contributed by atoms with Crippen molar-refractivity contribution in [3.8, 4) is 0 Å². The highest BCUT2D eigenvalue weighted by Gasteiger charge is 2.48. The van der Waals surface area contributed by atoms with Crippen molar-refractivity contribution < 1.29 is 23.9 Å². The van der Waals surface area contributed by atoms with Crippen LogP contribution < -0.4 is 0 Å². The first-order chi connectivity index (χ1) is 17.9. The lowest BCUT2D eigenvalue weighted by atomic mass is 10.0. The van der Waals surface area contributed by atoms with E-state index in [2.05, 4.69) is 38.8 Å². The molecule has 7 nitrogen and oxygen atoms in total. The molecule has 1 saturated heterocycles. The van der Waals surface area contributed by atoms with Crippen molar-refractivity contribution in [2.24, 2.45) is 0 Å². The first kappa shape index (κ1) is 31.1. The van der Waals surface area contributed by atoms with Gasteiger partial charge in [-0.15, -0.1) is 0 Å².